The van der Waals surface area contributed by atoms with Crippen molar-refractivity contribution >= 4 is 33.3 Å². The minimum atomic E-state index is -4.53. The minimum absolute atomic E-state index is 0.0537. The third-order valence-electron chi connectivity index (χ3n) is 3.98. The number of carbonyl (C=O) groups excluding carboxylic acids is 1. The first-order chi connectivity index (χ1) is 13.6. The molecule has 0 saturated carbocycles. The molecule has 11 heteroatoms. The fourth-order valence-corrected chi connectivity index (χ4v) is 3.78. The number of amidine groups is 1. The molecule has 0 bridgehead atoms. The number of sulfonamides is 1. The predicted octanol–water partition coefficient (Wildman–Crippen LogP) is 3.82. The minimum Gasteiger partial charge on any atom is -0.308 e. The van der Waals surface area contributed by atoms with E-state index < -0.39 is 27.8 Å². The van der Waals surface area contributed by atoms with E-state index in [1.165, 1.54) is 36.4 Å². The van der Waals surface area contributed by atoms with E-state index in [-0.39, 0.29) is 16.3 Å². The van der Waals surface area contributed by atoms with Crippen molar-refractivity contribution in [1.82, 2.24) is 4.72 Å². The molecule has 0 radical (unpaired) electrons. The van der Waals surface area contributed by atoms with E-state index in [9.17, 15) is 26.4 Å². The van der Waals surface area contributed by atoms with Gasteiger partial charge in [0.2, 0.25) is 0 Å². The fourth-order valence-electron chi connectivity index (χ4n) is 2.64. The largest absolute Gasteiger partial charge is 0.416 e. The van der Waals surface area contributed by atoms with Crippen molar-refractivity contribution in [2.24, 2.45) is 4.99 Å². The van der Waals surface area contributed by atoms with Crippen LogP contribution in [0.3, 0.4) is 0 Å². The van der Waals surface area contributed by atoms with Gasteiger partial charge in [0.1, 0.15) is 5.84 Å². The van der Waals surface area contributed by atoms with Crippen LogP contribution < -0.4 is 15.4 Å². The quantitative estimate of drug-likeness (QED) is 0.693. The van der Waals surface area contributed by atoms with Gasteiger partial charge in [-0.15, -0.1) is 0 Å². The summed E-state index contributed by atoms with van der Waals surface area (Å²) in [6.07, 6.45) is -3.22. The molecule has 3 rings (SSSR count). The lowest BCUT2D eigenvalue weighted by Gasteiger charge is -2.12. The van der Waals surface area contributed by atoms with Crippen LogP contribution in [-0.4, -0.2) is 26.8 Å². The number of hydrogen-bond acceptors (Lipinski definition) is 4. The van der Waals surface area contributed by atoms with Gasteiger partial charge in [-0.05, 0) is 42.8 Å². The van der Waals surface area contributed by atoms with Crippen molar-refractivity contribution in [3.8, 4) is 0 Å². The Morgan fingerprint density at radius 2 is 1.66 bits per heavy atom. The van der Waals surface area contributed by atoms with E-state index in [0.717, 1.165) is 18.6 Å². The molecule has 154 valence electrons. The highest BCUT2D eigenvalue weighted by atomic mass is 32.2. The second-order valence-electron chi connectivity index (χ2n) is 6.22. The van der Waals surface area contributed by atoms with Crippen LogP contribution in [0.25, 0.3) is 0 Å². The second kappa shape index (κ2) is 8.11. The lowest BCUT2D eigenvalue weighted by Crippen LogP contribution is -2.29. The Kier molecular flexibility index (Phi) is 5.78. The summed E-state index contributed by atoms with van der Waals surface area (Å²) < 4.78 is 65.5. The molecule has 3 N–H and O–H groups in total. The molecule has 29 heavy (non-hydrogen) atoms. The maximum Gasteiger partial charge on any atom is 0.416 e. The number of anilines is 2. The van der Waals surface area contributed by atoms with Crippen molar-refractivity contribution in [2.45, 2.75) is 23.9 Å². The van der Waals surface area contributed by atoms with Crippen LogP contribution in [0, 0.1) is 0 Å². The van der Waals surface area contributed by atoms with E-state index in [1.807, 2.05) is 0 Å². The van der Waals surface area contributed by atoms with Crippen LogP contribution in [-0.2, 0) is 16.2 Å². The standard InChI is InChI=1S/C18H17F3N4O3S/c19-18(20,21)12-4-1-5-13(10-12)23-17(26)24-14-6-2-7-15(11-14)29(27,28)25-16-8-3-9-22-16/h1-2,4-7,10-11H,3,8-9H2,(H,22,25)(H2,23,24,26). The highest BCUT2D eigenvalue weighted by molar-refractivity contribution is 7.90. The Labute approximate surface area is 165 Å². The Balaban J connectivity index is 1.69. The fraction of sp³-hybridized carbons (Fsp3) is 0.222. The lowest BCUT2D eigenvalue weighted by atomic mass is 10.2. The average Bonchev–Trinajstić information content (AvgIpc) is 3.13. The summed E-state index contributed by atoms with van der Waals surface area (Å²) >= 11 is 0. The number of urea groups is 1. The van der Waals surface area contributed by atoms with Crippen molar-refractivity contribution in [2.75, 3.05) is 17.2 Å². The van der Waals surface area contributed by atoms with Gasteiger partial charge in [0.15, 0.2) is 0 Å². The molecule has 2 amide bonds. The predicted molar refractivity (Wildman–Crippen MR) is 102 cm³/mol. The number of aliphatic imine (C=N–C) groups is 1. The zero-order valence-electron chi connectivity index (χ0n) is 15.0. The van der Waals surface area contributed by atoms with Crippen molar-refractivity contribution in [3.05, 3.63) is 54.1 Å². The topological polar surface area (TPSA) is 99.7 Å². The van der Waals surface area contributed by atoms with Gasteiger partial charge in [-0.2, -0.15) is 13.2 Å². The summed E-state index contributed by atoms with van der Waals surface area (Å²) in [7, 11) is -3.86. The second-order valence-corrected chi connectivity index (χ2v) is 7.91. The number of rotatable bonds is 4. The van der Waals surface area contributed by atoms with Crippen LogP contribution in [0.1, 0.15) is 18.4 Å². The molecule has 0 fully saturated rings. The number of nitrogens with zero attached hydrogens (tertiary/aromatic N) is 1. The van der Waals surface area contributed by atoms with Crippen LogP contribution in [0.15, 0.2) is 58.4 Å². The van der Waals surface area contributed by atoms with Gasteiger partial charge >= 0.3 is 12.2 Å². The maximum absolute atomic E-state index is 12.8. The third kappa shape index (κ3) is 5.47. The number of nitrogens with one attached hydrogen (secondary N) is 3. The Bertz CT molecular complexity index is 1050. The number of carbonyl (C=O) groups is 1. The molecular weight excluding hydrogens is 409 g/mol. The molecular formula is C18H17F3N4O3S. The SMILES string of the molecule is O=C(Nc1cccc(C(F)(F)F)c1)Nc1cccc(S(=O)(=O)NC2=NCCC2)c1. The van der Waals surface area contributed by atoms with Crippen LogP contribution in [0.4, 0.5) is 29.3 Å². The van der Waals surface area contributed by atoms with Crippen LogP contribution in [0.2, 0.25) is 0 Å². The van der Waals surface area contributed by atoms with Crippen molar-refractivity contribution in [1.29, 1.82) is 0 Å². The summed E-state index contributed by atoms with van der Waals surface area (Å²) in [6.45, 7) is 0.565. The first-order valence-electron chi connectivity index (χ1n) is 8.55. The monoisotopic (exact) mass is 426 g/mol. The Morgan fingerprint density at radius 1 is 1.00 bits per heavy atom. The van der Waals surface area contributed by atoms with Gasteiger partial charge in [0.25, 0.3) is 10.0 Å². The summed E-state index contributed by atoms with van der Waals surface area (Å²) in [5.74, 6) is 0.380. The molecule has 7 nitrogen and oxygen atoms in total. The van der Waals surface area contributed by atoms with E-state index in [4.69, 9.17) is 0 Å². The van der Waals surface area contributed by atoms with E-state index in [0.29, 0.717) is 18.8 Å². The zero-order valence-corrected chi connectivity index (χ0v) is 15.8. The smallest absolute Gasteiger partial charge is 0.308 e. The number of benzene rings is 2. The number of hydrogen-bond donors (Lipinski definition) is 3. The van der Waals surface area contributed by atoms with Gasteiger partial charge < -0.3 is 10.6 Å². The third-order valence-corrected chi connectivity index (χ3v) is 5.36. The van der Waals surface area contributed by atoms with Crippen molar-refractivity contribution in [3.63, 3.8) is 0 Å². The average molecular weight is 426 g/mol. The number of alkyl halides is 3. The molecule has 0 spiro atoms. The number of amides is 2. The van der Waals surface area contributed by atoms with Gasteiger partial charge in [0.05, 0.1) is 10.5 Å². The van der Waals surface area contributed by atoms with Crippen LogP contribution >= 0.6 is 0 Å². The summed E-state index contributed by atoms with van der Waals surface area (Å²) in [5.41, 5.74) is -0.794. The molecule has 2 aromatic carbocycles. The molecule has 0 aromatic heterocycles. The van der Waals surface area contributed by atoms with E-state index >= 15 is 0 Å². The zero-order chi connectivity index (χ0) is 21.1. The molecule has 1 heterocycles. The normalized spacial score (nSPS) is 14.2. The van der Waals surface area contributed by atoms with Crippen molar-refractivity contribution < 1.29 is 26.4 Å². The van der Waals surface area contributed by atoms with Gasteiger partial charge in [-0.25, -0.2) is 13.2 Å². The Hall–Kier alpha value is -3.08. The summed E-state index contributed by atoms with van der Waals surface area (Å²) in [5, 5.41) is 4.69. The molecule has 0 saturated heterocycles. The maximum atomic E-state index is 12.8. The molecule has 0 unspecified atom stereocenters. The van der Waals surface area contributed by atoms with Crippen LogP contribution in [0.5, 0.6) is 0 Å². The highest BCUT2D eigenvalue weighted by Crippen LogP contribution is 2.30. The lowest BCUT2D eigenvalue weighted by molar-refractivity contribution is -0.137. The summed E-state index contributed by atoms with van der Waals surface area (Å²) in [4.78, 5) is 16.1. The van der Waals surface area contributed by atoms with Gasteiger partial charge in [0, 0.05) is 24.3 Å². The van der Waals surface area contributed by atoms with E-state index in [2.05, 4.69) is 20.3 Å². The highest BCUT2D eigenvalue weighted by Gasteiger charge is 2.30. The van der Waals surface area contributed by atoms with Gasteiger partial charge in [-0.3, -0.25) is 9.71 Å². The molecule has 0 atom stereocenters. The number of halogens is 3. The van der Waals surface area contributed by atoms with Gasteiger partial charge in [-0.1, -0.05) is 12.1 Å². The molecule has 0 aliphatic carbocycles. The van der Waals surface area contributed by atoms with E-state index in [1.54, 1.807) is 0 Å². The molecule has 1 aliphatic rings. The Morgan fingerprint density at radius 3 is 2.28 bits per heavy atom. The molecule has 2 aromatic rings. The first kappa shape index (κ1) is 20.6. The molecule has 1 aliphatic heterocycles. The summed E-state index contributed by atoms with van der Waals surface area (Å²) in [6, 6.07) is 8.84. The first-order valence-corrected chi connectivity index (χ1v) is 10.0.